The molecule has 0 amide bonds. The van der Waals surface area contributed by atoms with E-state index in [2.05, 4.69) is 4.98 Å². The standard InChI is InChI=1S/C6H5NO2.Cs/c8-6(9)5-1-3-7-4-2-5;/h1-4H,(H,8,9);/q;+1/p-1. The number of aromatic carboxylic acids is 1. The van der Waals surface area contributed by atoms with Crippen LogP contribution < -0.4 is 74.0 Å². The van der Waals surface area contributed by atoms with Crippen molar-refractivity contribution < 1.29 is 78.8 Å². The molecule has 1 rings (SSSR count). The number of aromatic nitrogens is 1. The van der Waals surface area contributed by atoms with Crippen LogP contribution in [0.4, 0.5) is 0 Å². The monoisotopic (exact) mass is 255 g/mol. The molecule has 0 N–H and O–H groups in total. The van der Waals surface area contributed by atoms with E-state index in [9.17, 15) is 9.90 Å². The van der Waals surface area contributed by atoms with Crippen LogP contribution in [0.25, 0.3) is 0 Å². The third kappa shape index (κ3) is 3.18. The molecule has 0 fully saturated rings. The van der Waals surface area contributed by atoms with E-state index in [4.69, 9.17) is 0 Å². The first-order valence-electron chi connectivity index (χ1n) is 2.42. The van der Waals surface area contributed by atoms with E-state index in [0.29, 0.717) is 0 Å². The van der Waals surface area contributed by atoms with Gasteiger partial charge in [-0.25, -0.2) is 0 Å². The molecule has 1 aromatic heterocycles. The molecular weight excluding hydrogens is 251 g/mol. The molecular formula is C6H4CsNO2. The second kappa shape index (κ2) is 5.34. The molecule has 0 aromatic carbocycles. The minimum absolute atomic E-state index is 0. The van der Waals surface area contributed by atoms with Crippen LogP contribution in [0.5, 0.6) is 0 Å². The largest absolute Gasteiger partial charge is 1.00 e. The van der Waals surface area contributed by atoms with Crippen LogP contribution >= 0.6 is 0 Å². The van der Waals surface area contributed by atoms with Gasteiger partial charge in [0.15, 0.2) is 0 Å². The SMILES string of the molecule is O=C([O-])c1ccncc1.[Cs+]. The van der Waals surface area contributed by atoms with Crippen LogP contribution in [0.15, 0.2) is 24.5 Å². The Morgan fingerprint density at radius 2 is 1.90 bits per heavy atom. The molecule has 0 aliphatic rings. The first-order chi connectivity index (χ1) is 4.30. The fourth-order valence-electron chi connectivity index (χ4n) is 0.488. The van der Waals surface area contributed by atoms with Crippen molar-refractivity contribution in [3.8, 4) is 0 Å². The molecule has 0 saturated carbocycles. The van der Waals surface area contributed by atoms with Gasteiger partial charge in [-0.15, -0.1) is 0 Å². The maximum absolute atomic E-state index is 10.1. The van der Waals surface area contributed by atoms with E-state index < -0.39 is 5.97 Å². The fourth-order valence-corrected chi connectivity index (χ4v) is 0.488. The van der Waals surface area contributed by atoms with Gasteiger partial charge >= 0.3 is 68.9 Å². The Morgan fingerprint density at radius 1 is 1.40 bits per heavy atom. The molecule has 1 aromatic rings. The number of hydrogen-bond acceptors (Lipinski definition) is 3. The third-order valence-electron chi connectivity index (χ3n) is 0.916. The molecule has 0 unspecified atom stereocenters. The van der Waals surface area contributed by atoms with Gasteiger partial charge in [0.25, 0.3) is 0 Å². The Balaban J connectivity index is 0.000000810. The van der Waals surface area contributed by atoms with Crippen molar-refractivity contribution in [3.63, 3.8) is 0 Å². The number of carboxylic acids is 1. The summed E-state index contributed by atoms with van der Waals surface area (Å²) in [6, 6.07) is 2.77. The van der Waals surface area contributed by atoms with Crippen molar-refractivity contribution in [2.75, 3.05) is 0 Å². The van der Waals surface area contributed by atoms with Crippen LogP contribution in [-0.4, -0.2) is 11.0 Å². The number of nitrogens with zero attached hydrogens (tertiary/aromatic N) is 1. The summed E-state index contributed by atoms with van der Waals surface area (Å²) < 4.78 is 0. The van der Waals surface area contributed by atoms with Gasteiger partial charge < -0.3 is 9.90 Å². The van der Waals surface area contributed by atoms with Crippen LogP contribution in [0, 0.1) is 0 Å². The third-order valence-corrected chi connectivity index (χ3v) is 0.916. The molecule has 46 valence electrons. The van der Waals surface area contributed by atoms with Gasteiger partial charge in [0.05, 0.1) is 5.97 Å². The van der Waals surface area contributed by atoms with Crippen molar-refractivity contribution in [2.24, 2.45) is 0 Å². The molecule has 3 nitrogen and oxygen atoms in total. The van der Waals surface area contributed by atoms with Gasteiger partial charge in [-0.3, -0.25) is 4.98 Å². The molecule has 0 bridgehead atoms. The summed E-state index contributed by atoms with van der Waals surface area (Å²) in [5.41, 5.74) is 0.157. The van der Waals surface area contributed by atoms with Crippen LogP contribution in [-0.2, 0) is 0 Å². The number of rotatable bonds is 1. The Hall–Kier alpha value is 0.672. The number of carbonyl (C=O) groups excluding carboxylic acids is 1. The van der Waals surface area contributed by atoms with Gasteiger partial charge in [-0.2, -0.15) is 0 Å². The zero-order valence-electron chi connectivity index (χ0n) is 5.57. The molecule has 0 saturated heterocycles. The van der Waals surface area contributed by atoms with E-state index in [0.717, 1.165) is 0 Å². The molecule has 0 atom stereocenters. The van der Waals surface area contributed by atoms with E-state index in [1.54, 1.807) is 0 Å². The molecule has 0 radical (unpaired) electrons. The predicted molar refractivity (Wildman–Crippen MR) is 28.6 cm³/mol. The number of hydrogen-bond donors (Lipinski definition) is 0. The molecule has 0 aliphatic heterocycles. The molecule has 4 heteroatoms. The number of carboxylic acid groups (broad SMARTS) is 1. The Morgan fingerprint density at radius 3 is 2.20 bits per heavy atom. The van der Waals surface area contributed by atoms with Crippen LogP contribution in [0.3, 0.4) is 0 Å². The number of carbonyl (C=O) groups is 1. The van der Waals surface area contributed by atoms with Gasteiger partial charge in [0, 0.05) is 18.0 Å². The average Bonchev–Trinajstić information content (AvgIpc) is 1.90. The Bertz CT molecular complexity index is 212. The summed E-state index contributed by atoms with van der Waals surface area (Å²) in [7, 11) is 0. The average molecular weight is 255 g/mol. The van der Waals surface area contributed by atoms with Crippen molar-refractivity contribution in [3.05, 3.63) is 30.1 Å². The molecule has 10 heavy (non-hydrogen) atoms. The molecule has 0 spiro atoms. The van der Waals surface area contributed by atoms with Crippen LogP contribution in [0.1, 0.15) is 10.4 Å². The van der Waals surface area contributed by atoms with Crippen LogP contribution in [0.2, 0.25) is 0 Å². The van der Waals surface area contributed by atoms with Gasteiger partial charge in [0.1, 0.15) is 0 Å². The van der Waals surface area contributed by atoms with Gasteiger partial charge in [0.2, 0.25) is 0 Å². The summed E-state index contributed by atoms with van der Waals surface area (Å²) >= 11 is 0. The second-order valence-corrected chi connectivity index (χ2v) is 1.52. The van der Waals surface area contributed by atoms with E-state index in [-0.39, 0.29) is 74.5 Å². The topological polar surface area (TPSA) is 53.0 Å². The predicted octanol–water partition coefficient (Wildman–Crippen LogP) is -3.55. The van der Waals surface area contributed by atoms with Crippen molar-refractivity contribution in [1.82, 2.24) is 4.98 Å². The second-order valence-electron chi connectivity index (χ2n) is 1.52. The summed E-state index contributed by atoms with van der Waals surface area (Å²) in [5, 5.41) is 10.1. The Labute approximate surface area is 117 Å². The maximum Gasteiger partial charge on any atom is 1.00 e. The van der Waals surface area contributed by atoms with Crippen molar-refractivity contribution >= 4 is 5.97 Å². The molecule has 0 aliphatic carbocycles. The Kier molecular flexibility index (Phi) is 5.70. The first-order valence-corrected chi connectivity index (χ1v) is 2.42. The fraction of sp³-hybridized carbons (Fsp3) is 0. The van der Waals surface area contributed by atoms with Gasteiger partial charge in [-0.05, 0) is 12.1 Å². The normalized spacial score (nSPS) is 8.00. The maximum atomic E-state index is 10.1. The summed E-state index contributed by atoms with van der Waals surface area (Å²) in [4.78, 5) is 13.7. The minimum Gasteiger partial charge on any atom is -0.545 e. The summed E-state index contributed by atoms with van der Waals surface area (Å²) in [6.07, 6.45) is 2.82. The van der Waals surface area contributed by atoms with E-state index >= 15 is 0 Å². The van der Waals surface area contributed by atoms with E-state index in [1.807, 2.05) is 0 Å². The van der Waals surface area contributed by atoms with E-state index in [1.165, 1.54) is 24.5 Å². The quantitative estimate of drug-likeness (QED) is 0.522. The van der Waals surface area contributed by atoms with Crippen molar-refractivity contribution in [2.45, 2.75) is 0 Å². The number of pyridine rings is 1. The smallest absolute Gasteiger partial charge is 0.545 e. The van der Waals surface area contributed by atoms with Crippen molar-refractivity contribution in [1.29, 1.82) is 0 Å². The summed E-state index contributed by atoms with van der Waals surface area (Å²) in [6.45, 7) is 0. The zero-order valence-corrected chi connectivity index (χ0v) is 11.9. The minimum atomic E-state index is -1.17. The van der Waals surface area contributed by atoms with Gasteiger partial charge in [-0.1, -0.05) is 0 Å². The zero-order chi connectivity index (χ0) is 6.69. The summed E-state index contributed by atoms with van der Waals surface area (Å²) in [5.74, 6) is -1.17. The molecule has 1 heterocycles. The first kappa shape index (κ1) is 10.7.